The Kier molecular flexibility index (Phi) is 1.62. The lowest BCUT2D eigenvalue weighted by Gasteiger charge is -2.29. The van der Waals surface area contributed by atoms with Gasteiger partial charge in [0, 0.05) is 5.54 Å². The van der Waals surface area contributed by atoms with Gasteiger partial charge in [-0.3, -0.25) is 10.1 Å². The molecule has 0 saturated carbocycles. The molecule has 3 amide bonds. The molecule has 1 rings (SSSR count). The molecule has 1 aliphatic heterocycles. The number of rotatable bonds is 0. The van der Waals surface area contributed by atoms with Crippen LogP contribution >= 0.6 is 0 Å². The Hall–Kier alpha value is -1.06. The summed E-state index contributed by atoms with van der Waals surface area (Å²) in [7, 11) is 0. The summed E-state index contributed by atoms with van der Waals surface area (Å²) in [6.07, 6.45) is 0. The average molecular weight is 156 g/mol. The van der Waals surface area contributed by atoms with E-state index in [1.807, 2.05) is 20.8 Å². The lowest BCUT2D eigenvalue weighted by molar-refractivity contribution is -0.118. The van der Waals surface area contributed by atoms with Crippen LogP contribution in [0.1, 0.15) is 20.8 Å². The van der Waals surface area contributed by atoms with E-state index in [4.69, 9.17) is 0 Å². The normalized spacial score (nSPS) is 19.0. The molecule has 0 aromatic rings. The Morgan fingerprint density at radius 3 is 2.09 bits per heavy atom. The summed E-state index contributed by atoms with van der Waals surface area (Å²) in [5.74, 6) is -0.218. The van der Waals surface area contributed by atoms with Gasteiger partial charge < -0.3 is 4.90 Å². The van der Waals surface area contributed by atoms with Crippen molar-refractivity contribution in [1.29, 1.82) is 0 Å². The van der Waals surface area contributed by atoms with Crippen LogP contribution < -0.4 is 5.32 Å². The number of nitrogens with zero attached hydrogens (tertiary/aromatic N) is 1. The molecule has 4 heteroatoms. The van der Waals surface area contributed by atoms with E-state index in [1.165, 1.54) is 4.90 Å². The first-order valence-corrected chi connectivity index (χ1v) is 3.53. The Morgan fingerprint density at radius 2 is 1.91 bits per heavy atom. The van der Waals surface area contributed by atoms with E-state index in [0.29, 0.717) is 0 Å². The highest BCUT2D eigenvalue weighted by Gasteiger charge is 2.34. The van der Waals surface area contributed by atoms with Crippen molar-refractivity contribution in [2.24, 2.45) is 0 Å². The third kappa shape index (κ3) is 1.50. The van der Waals surface area contributed by atoms with Crippen molar-refractivity contribution in [3.63, 3.8) is 0 Å². The molecule has 1 heterocycles. The molecule has 0 spiro atoms. The van der Waals surface area contributed by atoms with Crippen molar-refractivity contribution in [3.8, 4) is 0 Å². The van der Waals surface area contributed by atoms with Crippen molar-refractivity contribution in [2.45, 2.75) is 26.3 Å². The van der Waals surface area contributed by atoms with Crippen LogP contribution in [-0.4, -0.2) is 28.9 Å². The fourth-order valence-corrected chi connectivity index (χ4v) is 0.983. The van der Waals surface area contributed by atoms with Gasteiger partial charge in [-0.1, -0.05) is 0 Å². The molecule has 0 atom stereocenters. The summed E-state index contributed by atoms with van der Waals surface area (Å²) in [4.78, 5) is 23.3. The zero-order valence-electron chi connectivity index (χ0n) is 6.97. The molecular weight excluding hydrogens is 144 g/mol. The van der Waals surface area contributed by atoms with Crippen LogP contribution in [-0.2, 0) is 4.79 Å². The number of carbonyl (C=O) groups is 2. The summed E-state index contributed by atoms with van der Waals surface area (Å²) < 4.78 is 0. The van der Waals surface area contributed by atoms with Gasteiger partial charge in [0.25, 0.3) is 0 Å². The third-order valence-electron chi connectivity index (χ3n) is 1.60. The Bertz CT molecular complexity index is 205. The van der Waals surface area contributed by atoms with Gasteiger partial charge >= 0.3 is 6.03 Å². The standard InChI is InChI=1S/C7H12N2O2/c1-7(2,3)9-4-5(10)8-6(9)11/h4H2,1-3H3,(H,8,10,11). The minimum Gasteiger partial charge on any atom is -0.310 e. The maximum atomic E-state index is 11.0. The van der Waals surface area contributed by atoms with Crippen LogP contribution in [0.2, 0.25) is 0 Å². The molecule has 0 aromatic heterocycles. The number of amides is 3. The summed E-state index contributed by atoms with van der Waals surface area (Å²) in [6.45, 7) is 5.86. The molecule has 1 N–H and O–H groups in total. The highest BCUT2D eigenvalue weighted by atomic mass is 16.2. The summed E-state index contributed by atoms with van der Waals surface area (Å²) in [5.41, 5.74) is -0.268. The van der Waals surface area contributed by atoms with E-state index in [-0.39, 0.29) is 24.0 Å². The van der Waals surface area contributed by atoms with E-state index in [2.05, 4.69) is 5.32 Å². The van der Waals surface area contributed by atoms with Crippen molar-refractivity contribution in [2.75, 3.05) is 6.54 Å². The number of hydrogen-bond donors (Lipinski definition) is 1. The maximum absolute atomic E-state index is 11.0. The first-order valence-electron chi connectivity index (χ1n) is 3.53. The summed E-state index contributed by atoms with van der Waals surface area (Å²) in [5, 5.41) is 2.22. The smallest absolute Gasteiger partial charge is 0.310 e. The molecule has 0 aromatic carbocycles. The number of urea groups is 1. The van der Waals surface area contributed by atoms with Gasteiger partial charge in [-0.15, -0.1) is 0 Å². The minimum atomic E-state index is -0.289. The largest absolute Gasteiger partial charge is 0.325 e. The lowest BCUT2D eigenvalue weighted by Crippen LogP contribution is -2.43. The van der Waals surface area contributed by atoms with Gasteiger partial charge in [0.2, 0.25) is 5.91 Å². The van der Waals surface area contributed by atoms with Crippen LogP contribution in [0.3, 0.4) is 0 Å². The van der Waals surface area contributed by atoms with Crippen LogP contribution in [0.25, 0.3) is 0 Å². The monoisotopic (exact) mass is 156 g/mol. The molecule has 62 valence electrons. The molecule has 11 heavy (non-hydrogen) atoms. The highest BCUT2D eigenvalue weighted by molar-refractivity contribution is 6.02. The maximum Gasteiger partial charge on any atom is 0.325 e. The van der Waals surface area contributed by atoms with E-state index in [0.717, 1.165) is 0 Å². The predicted octanol–water partition coefficient (Wildman–Crippen LogP) is 0.337. The Balaban J connectivity index is 2.76. The average Bonchev–Trinajstić information content (AvgIpc) is 2.08. The zero-order chi connectivity index (χ0) is 8.65. The van der Waals surface area contributed by atoms with Gasteiger partial charge in [-0.2, -0.15) is 0 Å². The number of carbonyl (C=O) groups excluding carboxylic acids is 2. The van der Waals surface area contributed by atoms with Crippen molar-refractivity contribution in [1.82, 2.24) is 10.2 Å². The van der Waals surface area contributed by atoms with E-state index in [1.54, 1.807) is 0 Å². The molecule has 0 unspecified atom stereocenters. The van der Waals surface area contributed by atoms with E-state index < -0.39 is 0 Å². The fraction of sp³-hybridized carbons (Fsp3) is 0.714. The molecular formula is C7H12N2O2. The first kappa shape index (κ1) is 8.04. The molecule has 1 aliphatic rings. The third-order valence-corrected chi connectivity index (χ3v) is 1.60. The van der Waals surface area contributed by atoms with E-state index >= 15 is 0 Å². The summed E-state index contributed by atoms with van der Waals surface area (Å²) in [6, 6.07) is -0.289. The quantitative estimate of drug-likeness (QED) is 0.514. The highest BCUT2D eigenvalue weighted by Crippen LogP contribution is 2.15. The van der Waals surface area contributed by atoms with Crippen molar-refractivity contribution >= 4 is 11.9 Å². The molecule has 0 radical (unpaired) electrons. The van der Waals surface area contributed by atoms with Crippen LogP contribution in [0.15, 0.2) is 0 Å². The number of nitrogens with one attached hydrogen (secondary N) is 1. The second-order valence-electron chi connectivity index (χ2n) is 3.61. The Morgan fingerprint density at radius 1 is 1.36 bits per heavy atom. The van der Waals surface area contributed by atoms with Crippen LogP contribution in [0.5, 0.6) is 0 Å². The van der Waals surface area contributed by atoms with Gasteiger partial charge in [-0.25, -0.2) is 4.79 Å². The van der Waals surface area contributed by atoms with Gasteiger partial charge in [0.15, 0.2) is 0 Å². The predicted molar refractivity (Wildman–Crippen MR) is 40.0 cm³/mol. The van der Waals surface area contributed by atoms with Crippen LogP contribution in [0, 0.1) is 0 Å². The van der Waals surface area contributed by atoms with Crippen LogP contribution in [0.4, 0.5) is 4.79 Å². The molecule has 0 bridgehead atoms. The number of imide groups is 1. The molecule has 1 fully saturated rings. The summed E-state index contributed by atoms with van der Waals surface area (Å²) >= 11 is 0. The van der Waals surface area contributed by atoms with Crippen molar-refractivity contribution in [3.05, 3.63) is 0 Å². The zero-order valence-corrected chi connectivity index (χ0v) is 6.97. The van der Waals surface area contributed by atoms with Crippen molar-refractivity contribution < 1.29 is 9.59 Å². The number of hydrogen-bond acceptors (Lipinski definition) is 2. The lowest BCUT2D eigenvalue weighted by atomic mass is 10.1. The van der Waals surface area contributed by atoms with E-state index in [9.17, 15) is 9.59 Å². The molecule has 1 saturated heterocycles. The van der Waals surface area contributed by atoms with Gasteiger partial charge in [0.05, 0.1) is 0 Å². The van der Waals surface area contributed by atoms with Gasteiger partial charge in [-0.05, 0) is 20.8 Å². The first-order chi connectivity index (χ1) is 4.91. The Labute approximate surface area is 65.6 Å². The second-order valence-corrected chi connectivity index (χ2v) is 3.61. The minimum absolute atomic E-state index is 0.183. The molecule has 4 nitrogen and oxygen atoms in total. The molecule has 0 aliphatic carbocycles. The van der Waals surface area contributed by atoms with Gasteiger partial charge in [0.1, 0.15) is 6.54 Å². The fourth-order valence-electron chi connectivity index (χ4n) is 0.983. The topological polar surface area (TPSA) is 49.4 Å². The second kappa shape index (κ2) is 2.22. The SMILES string of the molecule is CC(C)(C)N1CC(=O)NC1=O.